The second kappa shape index (κ2) is 9.20. The Hall–Kier alpha value is -1.84. The van der Waals surface area contributed by atoms with E-state index in [0.717, 1.165) is 30.3 Å². The minimum Gasteiger partial charge on any atom is -0.491 e. The number of hydrogen-bond donors (Lipinski definition) is 1. The Balaban J connectivity index is 1.38. The third-order valence-corrected chi connectivity index (χ3v) is 5.30. The number of aliphatic hydroxyl groups excluding tert-OH is 1. The zero-order valence-corrected chi connectivity index (χ0v) is 16.0. The monoisotopic (exact) mass is 353 g/mol. The first-order valence-electron chi connectivity index (χ1n) is 9.74. The molecule has 0 spiro atoms. The summed E-state index contributed by atoms with van der Waals surface area (Å²) < 4.78 is 5.82. The maximum absolute atomic E-state index is 10.3. The number of likely N-dealkylation sites (tertiary alicyclic amines) is 1. The first-order valence-corrected chi connectivity index (χ1v) is 9.74. The highest BCUT2D eigenvalue weighted by Crippen LogP contribution is 2.22. The molecule has 3 rings (SSSR count). The van der Waals surface area contributed by atoms with Gasteiger partial charge in [0.1, 0.15) is 18.5 Å². The molecule has 0 amide bonds. The van der Waals surface area contributed by atoms with Gasteiger partial charge in [-0.1, -0.05) is 48.0 Å². The Bertz CT molecular complexity index is 678. The Morgan fingerprint density at radius 2 is 1.81 bits per heavy atom. The van der Waals surface area contributed by atoms with Gasteiger partial charge in [-0.25, -0.2) is 0 Å². The van der Waals surface area contributed by atoms with Gasteiger partial charge in [0.15, 0.2) is 0 Å². The van der Waals surface area contributed by atoms with Crippen LogP contribution in [-0.4, -0.2) is 42.4 Å². The number of nitrogens with zero attached hydrogens (tertiary/aromatic N) is 1. The summed E-state index contributed by atoms with van der Waals surface area (Å²) in [6, 6.07) is 16.9. The van der Waals surface area contributed by atoms with Crippen LogP contribution in [0.2, 0.25) is 0 Å². The predicted octanol–water partition coefficient (Wildman–Crippen LogP) is 4.00. The number of β-amino-alcohol motifs (C(OH)–C–C–N with tert-alkyl or cyclic N) is 1. The lowest BCUT2D eigenvalue weighted by atomic mass is 9.90. The topological polar surface area (TPSA) is 32.7 Å². The fourth-order valence-electron chi connectivity index (χ4n) is 3.82. The van der Waals surface area contributed by atoms with Crippen LogP contribution in [-0.2, 0) is 6.42 Å². The van der Waals surface area contributed by atoms with E-state index >= 15 is 0 Å². The zero-order chi connectivity index (χ0) is 18.4. The molecule has 26 heavy (non-hydrogen) atoms. The van der Waals surface area contributed by atoms with Gasteiger partial charge in [-0.05, 0) is 69.3 Å². The van der Waals surface area contributed by atoms with Gasteiger partial charge in [0, 0.05) is 6.54 Å². The number of aryl methyl sites for hydroxylation is 2. The van der Waals surface area contributed by atoms with Gasteiger partial charge in [-0.15, -0.1) is 0 Å². The highest BCUT2D eigenvalue weighted by Gasteiger charge is 2.21. The Labute approximate surface area is 157 Å². The van der Waals surface area contributed by atoms with Crippen molar-refractivity contribution in [3.8, 4) is 5.75 Å². The minimum atomic E-state index is -0.443. The highest BCUT2D eigenvalue weighted by molar-refractivity contribution is 5.35. The van der Waals surface area contributed by atoms with Crippen LogP contribution in [0.3, 0.4) is 0 Å². The average molecular weight is 354 g/mol. The van der Waals surface area contributed by atoms with E-state index in [-0.39, 0.29) is 0 Å². The lowest BCUT2D eigenvalue weighted by Gasteiger charge is -2.33. The molecule has 1 N–H and O–H groups in total. The maximum atomic E-state index is 10.3. The van der Waals surface area contributed by atoms with Crippen molar-refractivity contribution in [1.29, 1.82) is 0 Å². The van der Waals surface area contributed by atoms with Crippen LogP contribution in [0.25, 0.3) is 0 Å². The Morgan fingerprint density at radius 3 is 2.50 bits per heavy atom. The third kappa shape index (κ3) is 5.58. The molecule has 3 heteroatoms. The van der Waals surface area contributed by atoms with Crippen molar-refractivity contribution in [2.75, 3.05) is 26.2 Å². The van der Waals surface area contributed by atoms with Crippen molar-refractivity contribution in [2.24, 2.45) is 5.92 Å². The molecule has 1 saturated heterocycles. The van der Waals surface area contributed by atoms with Crippen molar-refractivity contribution in [1.82, 2.24) is 4.90 Å². The first kappa shape index (κ1) is 18.9. The van der Waals surface area contributed by atoms with E-state index in [4.69, 9.17) is 4.74 Å². The van der Waals surface area contributed by atoms with Crippen molar-refractivity contribution < 1.29 is 9.84 Å². The molecule has 1 fully saturated rings. The number of aliphatic hydroxyl groups is 1. The van der Waals surface area contributed by atoms with Gasteiger partial charge in [-0.3, -0.25) is 0 Å². The van der Waals surface area contributed by atoms with Crippen molar-refractivity contribution >= 4 is 0 Å². The van der Waals surface area contributed by atoms with Gasteiger partial charge in [0.2, 0.25) is 0 Å². The molecule has 1 aliphatic rings. The van der Waals surface area contributed by atoms with Crippen LogP contribution < -0.4 is 4.74 Å². The molecule has 0 unspecified atom stereocenters. The molecule has 2 aromatic rings. The van der Waals surface area contributed by atoms with E-state index in [2.05, 4.69) is 48.2 Å². The van der Waals surface area contributed by atoms with Crippen LogP contribution in [0.4, 0.5) is 0 Å². The Morgan fingerprint density at radius 1 is 1.08 bits per heavy atom. The molecule has 1 atom stereocenters. The molecule has 2 aromatic carbocycles. The van der Waals surface area contributed by atoms with Crippen molar-refractivity contribution in [3.63, 3.8) is 0 Å². The van der Waals surface area contributed by atoms with Gasteiger partial charge in [0.25, 0.3) is 0 Å². The van der Waals surface area contributed by atoms with Gasteiger partial charge in [-0.2, -0.15) is 0 Å². The number of ether oxygens (including phenoxy) is 1. The number of benzene rings is 2. The molecule has 0 saturated carbocycles. The van der Waals surface area contributed by atoms with Gasteiger partial charge in [0.05, 0.1) is 0 Å². The number of rotatable bonds is 7. The van der Waals surface area contributed by atoms with E-state index in [1.807, 2.05) is 19.1 Å². The molecular weight excluding hydrogens is 322 g/mol. The molecule has 140 valence electrons. The molecule has 0 aromatic heterocycles. The fourth-order valence-corrected chi connectivity index (χ4v) is 3.82. The molecular formula is C23H31NO2. The molecule has 1 aliphatic heterocycles. The highest BCUT2D eigenvalue weighted by atomic mass is 16.5. The molecule has 0 radical (unpaired) electrons. The molecule has 0 bridgehead atoms. The van der Waals surface area contributed by atoms with E-state index in [1.54, 1.807) is 0 Å². The largest absolute Gasteiger partial charge is 0.491 e. The smallest absolute Gasteiger partial charge is 0.122 e. The zero-order valence-electron chi connectivity index (χ0n) is 16.0. The SMILES string of the molecule is Cc1ccc(OC[C@H](O)CN2CCC(Cc3ccccc3)CC2)c(C)c1. The van der Waals surface area contributed by atoms with Crippen molar-refractivity contribution in [2.45, 2.75) is 39.2 Å². The second-order valence-electron chi connectivity index (χ2n) is 7.67. The summed E-state index contributed by atoms with van der Waals surface area (Å²) in [5.41, 5.74) is 3.79. The maximum Gasteiger partial charge on any atom is 0.122 e. The summed E-state index contributed by atoms with van der Waals surface area (Å²) in [5.74, 6) is 1.63. The van der Waals surface area contributed by atoms with E-state index in [9.17, 15) is 5.11 Å². The summed E-state index contributed by atoms with van der Waals surface area (Å²) in [7, 11) is 0. The van der Waals surface area contributed by atoms with Gasteiger partial charge >= 0.3 is 0 Å². The molecule has 0 aliphatic carbocycles. The summed E-state index contributed by atoms with van der Waals surface area (Å²) in [5, 5.41) is 10.3. The molecule has 3 nitrogen and oxygen atoms in total. The summed E-state index contributed by atoms with van der Waals surface area (Å²) in [6.07, 6.45) is 3.15. The predicted molar refractivity (Wildman–Crippen MR) is 107 cm³/mol. The standard InChI is InChI=1S/C23H31NO2/c1-18-8-9-23(19(2)14-18)26-17-22(25)16-24-12-10-21(11-13-24)15-20-6-4-3-5-7-20/h3-9,14,21-22,25H,10-13,15-17H2,1-2H3/t22-/m1/s1. The fraction of sp³-hybridized carbons (Fsp3) is 0.478. The van der Waals surface area contributed by atoms with E-state index in [1.165, 1.54) is 30.4 Å². The van der Waals surface area contributed by atoms with E-state index in [0.29, 0.717) is 13.2 Å². The quantitative estimate of drug-likeness (QED) is 0.817. The average Bonchev–Trinajstić information content (AvgIpc) is 2.63. The summed E-state index contributed by atoms with van der Waals surface area (Å²) >= 11 is 0. The Kier molecular flexibility index (Phi) is 6.70. The van der Waals surface area contributed by atoms with Gasteiger partial charge < -0.3 is 14.7 Å². The summed E-state index contributed by atoms with van der Waals surface area (Å²) in [4.78, 5) is 2.37. The van der Waals surface area contributed by atoms with Crippen LogP contribution >= 0.6 is 0 Å². The lowest BCUT2D eigenvalue weighted by Crippen LogP contribution is -2.41. The second-order valence-corrected chi connectivity index (χ2v) is 7.67. The van der Waals surface area contributed by atoms with Crippen molar-refractivity contribution in [3.05, 3.63) is 65.2 Å². The van der Waals surface area contributed by atoms with Crippen LogP contribution in [0.5, 0.6) is 5.75 Å². The minimum absolute atomic E-state index is 0.355. The first-order chi connectivity index (χ1) is 12.6. The number of hydrogen-bond acceptors (Lipinski definition) is 3. The summed E-state index contributed by atoms with van der Waals surface area (Å²) in [6.45, 7) is 7.31. The van der Waals surface area contributed by atoms with E-state index < -0.39 is 6.10 Å². The third-order valence-electron chi connectivity index (χ3n) is 5.30. The van der Waals surface area contributed by atoms with Crippen LogP contribution in [0.1, 0.15) is 29.5 Å². The van der Waals surface area contributed by atoms with Crippen LogP contribution in [0.15, 0.2) is 48.5 Å². The normalized spacial score (nSPS) is 17.2. The lowest BCUT2D eigenvalue weighted by molar-refractivity contribution is 0.0549. The number of piperidine rings is 1. The molecule has 1 heterocycles. The van der Waals surface area contributed by atoms with Crippen LogP contribution in [0, 0.1) is 19.8 Å².